The third-order valence-electron chi connectivity index (χ3n) is 5.67. The van der Waals surface area contributed by atoms with Crippen LogP contribution in [0.5, 0.6) is 0 Å². The highest BCUT2D eigenvalue weighted by Crippen LogP contribution is 2.23. The molecule has 7 heterocycles. The molecule has 12 bridgehead atoms. The van der Waals surface area contributed by atoms with Crippen LogP contribution in [0.4, 0.5) is 0 Å². The first kappa shape index (κ1) is 21.3. The molecular formula is C27H18N6S3. The highest BCUT2D eigenvalue weighted by Gasteiger charge is 1.99. The van der Waals surface area contributed by atoms with Crippen LogP contribution in [0, 0.1) is 0 Å². The molecule has 9 heteroatoms. The SMILES string of the molecule is c1cc2ccc([nH]2)c2ncc(ccc3cnc(s3)c3ccc(ccc4cnc(s4)c4ccc1[nH]4)[nH]3)s2. The van der Waals surface area contributed by atoms with E-state index in [0.29, 0.717) is 0 Å². The van der Waals surface area contributed by atoms with Gasteiger partial charge >= 0.3 is 0 Å². The van der Waals surface area contributed by atoms with E-state index in [-0.39, 0.29) is 0 Å². The van der Waals surface area contributed by atoms with E-state index in [1.54, 1.807) is 34.0 Å². The zero-order valence-corrected chi connectivity index (χ0v) is 21.2. The van der Waals surface area contributed by atoms with Crippen LogP contribution in [0.15, 0.2) is 91.4 Å². The summed E-state index contributed by atoms with van der Waals surface area (Å²) in [6.07, 6.45) is 5.72. The van der Waals surface area contributed by atoms with Gasteiger partial charge < -0.3 is 15.0 Å². The molecule has 0 unspecified atom stereocenters. The van der Waals surface area contributed by atoms with Crippen molar-refractivity contribution in [2.75, 3.05) is 0 Å². The Morgan fingerprint density at radius 3 is 1.08 bits per heavy atom. The fourth-order valence-corrected chi connectivity index (χ4v) is 6.28. The normalized spacial score (nSPS) is 11.3. The van der Waals surface area contributed by atoms with Gasteiger partial charge in [0.25, 0.3) is 0 Å². The number of nitrogens with one attached hydrogen (secondary N) is 3. The minimum Gasteiger partial charge on any atom is -0.353 e. The first-order valence-corrected chi connectivity index (χ1v) is 13.7. The van der Waals surface area contributed by atoms with Crippen LogP contribution in [-0.2, 0) is 0 Å². The molecule has 36 heavy (non-hydrogen) atoms. The molecule has 7 rings (SSSR count). The van der Waals surface area contributed by atoms with Crippen molar-refractivity contribution in [2.24, 2.45) is 0 Å². The smallest absolute Gasteiger partial charge is 0.140 e. The lowest BCUT2D eigenvalue weighted by molar-refractivity contribution is 1.47. The van der Waals surface area contributed by atoms with Crippen molar-refractivity contribution >= 4 is 95.7 Å². The van der Waals surface area contributed by atoms with Crippen molar-refractivity contribution in [1.29, 1.82) is 0 Å². The number of thiazole rings is 3. The van der Waals surface area contributed by atoms with E-state index in [9.17, 15) is 0 Å². The predicted octanol–water partition coefficient (Wildman–Crippen LogP) is 8.33. The molecule has 3 N–H and O–H groups in total. The van der Waals surface area contributed by atoms with Gasteiger partial charge in [-0.15, -0.1) is 34.0 Å². The molecule has 0 saturated heterocycles. The first-order valence-electron chi connectivity index (χ1n) is 11.3. The van der Waals surface area contributed by atoms with Gasteiger partial charge in [0.05, 0.1) is 16.6 Å². The summed E-state index contributed by atoms with van der Waals surface area (Å²) in [6, 6.07) is 24.9. The fraction of sp³-hybridized carbons (Fsp3) is 0. The van der Waals surface area contributed by atoms with E-state index in [1.807, 2.05) is 18.6 Å². The van der Waals surface area contributed by atoms with Gasteiger partial charge in [0.2, 0.25) is 0 Å². The molecule has 0 amide bonds. The molecule has 0 radical (unpaired) electrons. The Morgan fingerprint density at radius 2 is 0.694 bits per heavy atom. The number of aromatic nitrogens is 6. The molecule has 6 nitrogen and oxygen atoms in total. The van der Waals surface area contributed by atoms with Gasteiger partial charge in [0.15, 0.2) is 0 Å². The molecule has 7 aromatic heterocycles. The van der Waals surface area contributed by atoms with Gasteiger partial charge in [-0.2, -0.15) is 0 Å². The van der Waals surface area contributed by atoms with E-state index < -0.39 is 0 Å². The maximum atomic E-state index is 4.61. The van der Waals surface area contributed by atoms with Crippen molar-refractivity contribution in [3.8, 4) is 0 Å². The second kappa shape index (κ2) is 8.87. The minimum absolute atomic E-state index is 0.959. The zero-order valence-electron chi connectivity index (χ0n) is 18.7. The lowest BCUT2D eigenvalue weighted by atomic mass is 10.4. The molecule has 0 aliphatic rings. The van der Waals surface area contributed by atoms with Crippen LogP contribution in [0.3, 0.4) is 0 Å². The van der Waals surface area contributed by atoms with Crippen molar-refractivity contribution in [1.82, 2.24) is 29.9 Å². The van der Waals surface area contributed by atoms with Gasteiger partial charge in [0, 0.05) is 49.2 Å². The number of fused-ring (bicyclic) bond motifs is 15. The molecule has 0 fully saturated rings. The van der Waals surface area contributed by atoms with Crippen molar-refractivity contribution in [3.05, 3.63) is 91.4 Å². The zero-order chi connectivity index (χ0) is 23.9. The third-order valence-corrected chi connectivity index (χ3v) is 8.66. The summed E-state index contributed by atoms with van der Waals surface area (Å²) in [7, 11) is 0. The Hall–Kier alpha value is -4.05. The summed E-state index contributed by atoms with van der Waals surface area (Å²) < 4.78 is 3.28. The van der Waals surface area contributed by atoms with Crippen LogP contribution in [0.2, 0.25) is 0 Å². The monoisotopic (exact) mass is 522 g/mol. The quantitative estimate of drug-likeness (QED) is 0.187. The highest BCUT2D eigenvalue weighted by molar-refractivity contribution is 7.24. The predicted molar refractivity (Wildman–Crippen MR) is 154 cm³/mol. The van der Waals surface area contributed by atoms with Crippen molar-refractivity contribution < 1.29 is 0 Å². The average Bonchev–Trinajstić information content (AvgIpc) is 3.71. The van der Waals surface area contributed by atoms with Gasteiger partial charge in [-0.05, 0) is 72.8 Å². The highest BCUT2D eigenvalue weighted by atomic mass is 32.1. The topological polar surface area (TPSA) is 86.0 Å². The van der Waals surface area contributed by atoms with E-state index in [0.717, 1.165) is 61.7 Å². The Morgan fingerprint density at radius 1 is 0.389 bits per heavy atom. The van der Waals surface area contributed by atoms with E-state index in [4.69, 9.17) is 0 Å². The molecule has 0 aliphatic heterocycles. The number of hydrogen-bond donors (Lipinski definition) is 3. The minimum atomic E-state index is 0.959. The van der Waals surface area contributed by atoms with E-state index in [2.05, 4.69) is 103 Å². The summed E-state index contributed by atoms with van der Waals surface area (Å²) in [4.78, 5) is 27.1. The van der Waals surface area contributed by atoms with Crippen LogP contribution in [0.1, 0.15) is 0 Å². The largest absolute Gasteiger partial charge is 0.353 e. The molecular weight excluding hydrogens is 505 g/mol. The van der Waals surface area contributed by atoms with Crippen LogP contribution in [0.25, 0.3) is 61.7 Å². The van der Waals surface area contributed by atoms with Crippen molar-refractivity contribution in [2.45, 2.75) is 0 Å². The number of aromatic amines is 3. The second-order valence-electron chi connectivity index (χ2n) is 8.19. The molecule has 0 atom stereocenters. The summed E-state index contributed by atoms with van der Waals surface area (Å²) in [5.41, 5.74) is 6.09. The summed E-state index contributed by atoms with van der Waals surface area (Å²) in [6.45, 7) is 0. The maximum Gasteiger partial charge on any atom is 0.140 e. The van der Waals surface area contributed by atoms with Crippen LogP contribution >= 0.6 is 34.0 Å². The summed E-state index contributed by atoms with van der Waals surface area (Å²) in [5, 5.41) is 0. The Bertz CT molecular complexity index is 1700. The first-order chi connectivity index (χ1) is 17.7. The Kier molecular flexibility index (Phi) is 5.24. The van der Waals surface area contributed by atoms with Gasteiger partial charge in [-0.25, -0.2) is 15.0 Å². The number of H-pyrrole nitrogens is 3. The third kappa shape index (κ3) is 4.24. The molecule has 0 saturated carbocycles. The second-order valence-corrected chi connectivity index (χ2v) is 11.4. The molecule has 0 aromatic carbocycles. The maximum absolute atomic E-state index is 4.61. The van der Waals surface area contributed by atoms with E-state index in [1.165, 1.54) is 0 Å². The summed E-state index contributed by atoms with van der Waals surface area (Å²) >= 11 is 4.96. The molecule has 0 aliphatic carbocycles. The standard InChI is InChI=1S/C27H18N6S3/c1-2-17-5-11-23(32-17)26-29-14-20(35-26)8-9-21-15-30-27(36-21)24-12-6-18(33-24)3-7-19-13-28-25(34-19)22-10-4-16(1)31-22/h1-15,31-33H. The number of nitrogens with zero attached hydrogens (tertiary/aromatic N) is 3. The van der Waals surface area contributed by atoms with E-state index >= 15 is 0 Å². The van der Waals surface area contributed by atoms with Crippen LogP contribution < -0.4 is 0 Å². The molecule has 174 valence electrons. The van der Waals surface area contributed by atoms with Gasteiger partial charge in [0.1, 0.15) is 14.5 Å². The Labute approximate surface area is 216 Å². The number of rotatable bonds is 0. The average molecular weight is 523 g/mol. The molecule has 7 aromatic rings. The van der Waals surface area contributed by atoms with Crippen molar-refractivity contribution in [3.63, 3.8) is 0 Å². The summed E-state index contributed by atoms with van der Waals surface area (Å²) in [5.74, 6) is 0. The lowest BCUT2D eigenvalue weighted by Gasteiger charge is -1.81. The van der Waals surface area contributed by atoms with Gasteiger partial charge in [-0.3, -0.25) is 0 Å². The number of hydrogen-bond acceptors (Lipinski definition) is 6. The van der Waals surface area contributed by atoms with Crippen LogP contribution in [-0.4, -0.2) is 29.9 Å². The Balaban J connectivity index is 1.46. The fourth-order valence-electron chi connectivity index (χ4n) is 3.88. The lowest BCUT2D eigenvalue weighted by Crippen LogP contribution is -1.65. The molecule has 0 spiro atoms. The van der Waals surface area contributed by atoms with Gasteiger partial charge in [-0.1, -0.05) is 0 Å².